The van der Waals surface area contributed by atoms with E-state index in [4.69, 9.17) is 0 Å². The van der Waals surface area contributed by atoms with Crippen LogP contribution in [-0.4, -0.2) is 77.7 Å². The summed E-state index contributed by atoms with van der Waals surface area (Å²) < 4.78 is 0. The van der Waals surface area contributed by atoms with Crippen molar-refractivity contribution in [2.75, 3.05) is 45.1 Å². The van der Waals surface area contributed by atoms with Crippen molar-refractivity contribution in [3.63, 3.8) is 0 Å². The van der Waals surface area contributed by atoms with E-state index >= 15 is 0 Å². The van der Waals surface area contributed by atoms with Gasteiger partial charge in [0.15, 0.2) is 0 Å². The lowest BCUT2D eigenvalue weighted by Crippen LogP contribution is -2.42. The van der Waals surface area contributed by atoms with Gasteiger partial charge in [-0.1, -0.05) is 30.7 Å². The van der Waals surface area contributed by atoms with Crippen molar-refractivity contribution in [1.29, 1.82) is 0 Å². The lowest BCUT2D eigenvalue weighted by atomic mass is 10.00. The molecule has 0 spiro atoms. The predicted molar refractivity (Wildman–Crippen MR) is 127 cm³/mol. The highest BCUT2D eigenvalue weighted by atomic mass is 16.3. The molecule has 7 nitrogen and oxygen atoms in total. The second-order valence-electron chi connectivity index (χ2n) is 9.06. The number of hydrogen-bond acceptors (Lipinski definition) is 6. The van der Waals surface area contributed by atoms with Crippen molar-refractivity contribution in [1.82, 2.24) is 20.1 Å². The van der Waals surface area contributed by atoms with Crippen molar-refractivity contribution in [2.24, 2.45) is 0 Å². The van der Waals surface area contributed by atoms with E-state index in [-0.39, 0.29) is 12.5 Å². The van der Waals surface area contributed by atoms with E-state index < -0.39 is 6.10 Å². The fourth-order valence-corrected chi connectivity index (χ4v) is 4.68. The molecule has 2 aromatic rings. The standard InChI is InChI=1S/C25H35N5O2/c1-29-12-5-4-8-22(29)15-27-24-14-20(9-11-26-24)25(32)28-16-23(31)18-30-13-10-19-6-2-3-7-21(19)17-30/h2-3,6-7,9,11,14,22-23,31H,4-5,8,10,12-13,15-18H2,1H3,(H,26,27)(H,28,32). The first-order valence-corrected chi connectivity index (χ1v) is 11.7. The number of β-amino-alcohol motifs (C(OH)–C–C–N with tert-alkyl or cyclic N) is 1. The Morgan fingerprint density at radius 1 is 1.22 bits per heavy atom. The van der Waals surface area contributed by atoms with Crippen LogP contribution in [0.25, 0.3) is 0 Å². The van der Waals surface area contributed by atoms with Gasteiger partial charge in [0.25, 0.3) is 5.91 Å². The fraction of sp³-hybridized carbons (Fsp3) is 0.520. The number of fused-ring (bicyclic) bond motifs is 1. The van der Waals surface area contributed by atoms with Crippen LogP contribution in [-0.2, 0) is 13.0 Å². The van der Waals surface area contributed by atoms with Crippen molar-refractivity contribution in [3.8, 4) is 0 Å². The highest BCUT2D eigenvalue weighted by Gasteiger charge is 2.20. The van der Waals surface area contributed by atoms with Crippen LogP contribution in [0.4, 0.5) is 5.82 Å². The molecule has 4 rings (SSSR count). The molecule has 1 saturated heterocycles. The second kappa shape index (κ2) is 10.9. The van der Waals surface area contributed by atoms with Crippen LogP contribution >= 0.6 is 0 Å². The summed E-state index contributed by atoms with van der Waals surface area (Å²) in [6.45, 7) is 4.51. The molecule has 2 aliphatic heterocycles. The summed E-state index contributed by atoms with van der Waals surface area (Å²) in [5, 5.41) is 16.7. The highest BCUT2D eigenvalue weighted by molar-refractivity contribution is 5.94. The van der Waals surface area contributed by atoms with Gasteiger partial charge in [-0.05, 0) is 56.1 Å². The van der Waals surface area contributed by atoms with Crippen LogP contribution in [0.1, 0.15) is 40.7 Å². The third-order valence-electron chi connectivity index (χ3n) is 6.64. The molecule has 0 bridgehead atoms. The Labute approximate surface area is 190 Å². The number of hydrogen-bond donors (Lipinski definition) is 3. The first-order valence-electron chi connectivity index (χ1n) is 11.7. The van der Waals surface area contributed by atoms with Gasteiger partial charge < -0.3 is 20.6 Å². The molecule has 1 amide bonds. The maximum atomic E-state index is 12.6. The van der Waals surface area contributed by atoms with Crippen molar-refractivity contribution in [3.05, 3.63) is 59.3 Å². The fourth-order valence-electron chi connectivity index (χ4n) is 4.68. The zero-order chi connectivity index (χ0) is 22.3. The average Bonchev–Trinajstić information content (AvgIpc) is 2.82. The smallest absolute Gasteiger partial charge is 0.251 e. The van der Waals surface area contributed by atoms with Crippen LogP contribution in [0.2, 0.25) is 0 Å². The molecule has 172 valence electrons. The molecule has 0 saturated carbocycles. The van der Waals surface area contributed by atoms with Gasteiger partial charge in [-0.2, -0.15) is 0 Å². The number of carbonyl (C=O) groups is 1. The van der Waals surface area contributed by atoms with E-state index in [1.807, 2.05) is 0 Å². The molecule has 32 heavy (non-hydrogen) atoms. The van der Waals surface area contributed by atoms with Crippen LogP contribution in [0.15, 0.2) is 42.6 Å². The average molecular weight is 438 g/mol. The summed E-state index contributed by atoms with van der Waals surface area (Å²) in [7, 11) is 2.16. The molecule has 1 aromatic carbocycles. The number of carbonyl (C=O) groups excluding carboxylic acids is 1. The van der Waals surface area contributed by atoms with Crippen molar-refractivity contribution >= 4 is 11.7 Å². The Morgan fingerprint density at radius 2 is 2.06 bits per heavy atom. The minimum absolute atomic E-state index is 0.187. The SMILES string of the molecule is CN1CCCCC1CNc1cc(C(=O)NCC(O)CN2CCc3ccccc3C2)ccn1. The number of rotatable bonds is 8. The zero-order valence-electron chi connectivity index (χ0n) is 19.0. The molecule has 2 atom stereocenters. The minimum atomic E-state index is -0.606. The zero-order valence-corrected chi connectivity index (χ0v) is 19.0. The van der Waals surface area contributed by atoms with E-state index in [0.717, 1.165) is 32.6 Å². The number of nitrogens with zero attached hydrogens (tertiary/aromatic N) is 3. The van der Waals surface area contributed by atoms with Crippen molar-refractivity contribution < 1.29 is 9.90 Å². The molecule has 0 radical (unpaired) electrons. The molecular weight excluding hydrogens is 402 g/mol. The van der Waals surface area contributed by atoms with Gasteiger partial charge in [0, 0.05) is 50.5 Å². The number of likely N-dealkylation sites (tertiary alicyclic amines) is 1. The number of pyridine rings is 1. The van der Waals surface area contributed by atoms with E-state index in [2.05, 4.69) is 56.7 Å². The maximum absolute atomic E-state index is 12.6. The van der Waals surface area contributed by atoms with Gasteiger partial charge in [-0.25, -0.2) is 4.98 Å². The van der Waals surface area contributed by atoms with Gasteiger partial charge in [0.05, 0.1) is 6.10 Å². The lowest BCUT2D eigenvalue weighted by molar-refractivity contribution is 0.0842. The highest BCUT2D eigenvalue weighted by Crippen LogP contribution is 2.19. The molecule has 3 N–H and O–H groups in total. The number of aliphatic hydroxyl groups excluding tert-OH is 1. The summed E-state index contributed by atoms with van der Waals surface area (Å²) in [6, 6.07) is 12.5. The van der Waals surface area contributed by atoms with Crippen LogP contribution < -0.4 is 10.6 Å². The van der Waals surface area contributed by atoms with E-state index in [9.17, 15) is 9.90 Å². The Kier molecular flexibility index (Phi) is 7.73. The molecule has 2 aliphatic rings. The normalized spacial score (nSPS) is 20.4. The number of aromatic nitrogens is 1. The Balaban J connectivity index is 1.23. The van der Waals surface area contributed by atoms with E-state index in [1.165, 1.54) is 30.4 Å². The van der Waals surface area contributed by atoms with Crippen molar-refractivity contribution in [2.45, 2.75) is 44.4 Å². The number of nitrogens with one attached hydrogen (secondary N) is 2. The van der Waals surface area contributed by atoms with Gasteiger partial charge >= 0.3 is 0 Å². The summed E-state index contributed by atoms with van der Waals surface area (Å²) in [4.78, 5) is 21.6. The minimum Gasteiger partial charge on any atom is -0.390 e. The number of aliphatic hydroxyl groups is 1. The Hall–Kier alpha value is -2.48. The Bertz CT molecular complexity index is 905. The number of amides is 1. The molecule has 1 aromatic heterocycles. The van der Waals surface area contributed by atoms with Gasteiger partial charge in [0.2, 0.25) is 0 Å². The molecular formula is C25H35N5O2. The number of benzene rings is 1. The molecule has 1 fully saturated rings. The van der Waals surface area contributed by atoms with Gasteiger partial charge in [0.1, 0.15) is 5.82 Å². The number of likely N-dealkylation sites (N-methyl/N-ethyl adjacent to an activating group) is 1. The largest absolute Gasteiger partial charge is 0.390 e. The monoisotopic (exact) mass is 437 g/mol. The summed E-state index contributed by atoms with van der Waals surface area (Å²) >= 11 is 0. The molecule has 0 aliphatic carbocycles. The molecule has 2 unspecified atom stereocenters. The van der Waals surface area contributed by atoms with Crippen LogP contribution in [0, 0.1) is 0 Å². The molecule has 3 heterocycles. The predicted octanol–water partition coefficient (Wildman–Crippen LogP) is 2.13. The van der Waals surface area contributed by atoms with Gasteiger partial charge in [-0.3, -0.25) is 9.69 Å². The summed E-state index contributed by atoms with van der Waals surface area (Å²) in [5.74, 6) is 0.525. The topological polar surface area (TPSA) is 80.7 Å². The number of anilines is 1. The van der Waals surface area contributed by atoms with Crippen LogP contribution in [0.3, 0.4) is 0 Å². The maximum Gasteiger partial charge on any atom is 0.251 e. The van der Waals surface area contributed by atoms with Crippen LogP contribution in [0.5, 0.6) is 0 Å². The third-order valence-corrected chi connectivity index (χ3v) is 6.64. The first kappa shape index (κ1) is 22.7. The molecule has 7 heteroatoms. The van der Waals surface area contributed by atoms with Gasteiger partial charge in [-0.15, -0.1) is 0 Å². The van der Waals surface area contributed by atoms with E-state index in [1.54, 1.807) is 18.3 Å². The summed E-state index contributed by atoms with van der Waals surface area (Å²) in [6.07, 6.45) is 5.76. The quantitative estimate of drug-likeness (QED) is 0.587. The third kappa shape index (κ3) is 6.06. The lowest BCUT2D eigenvalue weighted by Gasteiger charge is -2.32. The van der Waals surface area contributed by atoms with E-state index in [0.29, 0.717) is 24.0 Å². The summed E-state index contributed by atoms with van der Waals surface area (Å²) in [5.41, 5.74) is 3.27. The second-order valence-corrected chi connectivity index (χ2v) is 9.06. The number of piperidine rings is 1. The first-order chi connectivity index (χ1) is 15.6. The Morgan fingerprint density at radius 3 is 2.91 bits per heavy atom.